The maximum Gasteiger partial charge on any atom is 0.0531 e. The van der Waals surface area contributed by atoms with Gasteiger partial charge in [0.2, 0.25) is 0 Å². The zero-order chi connectivity index (χ0) is 20.6. The lowest BCUT2D eigenvalue weighted by Crippen LogP contribution is -2.32. The zero-order valence-corrected chi connectivity index (χ0v) is 16.1. The Morgan fingerprint density at radius 1 is 0.440 bits per heavy atom. The molecule has 0 spiro atoms. The van der Waals surface area contributed by atoms with E-state index in [1.807, 2.05) is 13.8 Å². The molecule has 0 atom stereocenters. The SMILES string of the molecule is CC(C)(CO)CO.CCC(CO)(CO)CO.CCC(CO)(CO)CO. The number of aliphatic hydroxyl groups is 8. The van der Waals surface area contributed by atoms with Crippen LogP contribution in [0.2, 0.25) is 0 Å². The average Bonchev–Trinajstić information content (AvgIpc) is 2.67. The summed E-state index contributed by atoms with van der Waals surface area (Å²) in [6, 6.07) is 0. The fourth-order valence-corrected chi connectivity index (χ4v) is 1.02. The van der Waals surface area contributed by atoms with E-state index in [-0.39, 0.29) is 58.3 Å². The Hall–Kier alpha value is -0.320. The van der Waals surface area contributed by atoms with Gasteiger partial charge < -0.3 is 40.9 Å². The van der Waals surface area contributed by atoms with Gasteiger partial charge in [0.1, 0.15) is 0 Å². The van der Waals surface area contributed by atoms with Crippen molar-refractivity contribution in [2.45, 2.75) is 40.5 Å². The van der Waals surface area contributed by atoms with Crippen molar-refractivity contribution in [2.24, 2.45) is 16.2 Å². The van der Waals surface area contributed by atoms with E-state index in [1.54, 1.807) is 13.8 Å². The summed E-state index contributed by atoms with van der Waals surface area (Å²) in [6.45, 7) is 6.39. The second-order valence-corrected chi connectivity index (χ2v) is 7.14. The first-order chi connectivity index (χ1) is 11.6. The first kappa shape index (κ1) is 29.4. The van der Waals surface area contributed by atoms with Crippen LogP contribution in [0.3, 0.4) is 0 Å². The van der Waals surface area contributed by atoms with Gasteiger partial charge in [0.05, 0.1) is 52.9 Å². The Balaban J connectivity index is -0.000000293. The molecule has 0 radical (unpaired) electrons. The Bertz CT molecular complexity index is 215. The van der Waals surface area contributed by atoms with Crippen molar-refractivity contribution >= 4 is 0 Å². The molecule has 0 amide bonds. The van der Waals surface area contributed by atoms with Crippen LogP contribution in [-0.4, -0.2) is 93.7 Å². The molecule has 8 heteroatoms. The van der Waals surface area contributed by atoms with Crippen LogP contribution in [-0.2, 0) is 0 Å². The van der Waals surface area contributed by atoms with E-state index >= 15 is 0 Å². The zero-order valence-electron chi connectivity index (χ0n) is 16.1. The third kappa shape index (κ3) is 12.6. The molecule has 0 aromatic heterocycles. The lowest BCUT2D eigenvalue weighted by atomic mass is 9.88. The first-order valence-corrected chi connectivity index (χ1v) is 8.48. The molecule has 25 heavy (non-hydrogen) atoms. The maximum atomic E-state index is 8.66. The molecule has 0 bridgehead atoms. The van der Waals surface area contributed by atoms with Gasteiger partial charge in [-0.3, -0.25) is 0 Å². The van der Waals surface area contributed by atoms with Crippen LogP contribution in [0, 0.1) is 16.2 Å². The molecular formula is C17H40O8. The standard InChI is InChI=1S/2C6H14O3.C5H12O2/c2*1-2-6(3-7,4-8)5-9;1-5(2,3-6)4-7/h2*7-9H,2-5H2,1H3;6-7H,3-4H2,1-2H3. The molecule has 0 aliphatic carbocycles. The van der Waals surface area contributed by atoms with Gasteiger partial charge in [0.15, 0.2) is 0 Å². The molecule has 0 rings (SSSR count). The highest BCUT2D eigenvalue weighted by atomic mass is 16.3. The van der Waals surface area contributed by atoms with Crippen LogP contribution in [0.15, 0.2) is 0 Å². The summed E-state index contributed by atoms with van der Waals surface area (Å²) in [5.74, 6) is 0. The van der Waals surface area contributed by atoms with E-state index in [2.05, 4.69) is 0 Å². The summed E-state index contributed by atoms with van der Waals surface area (Å²) in [7, 11) is 0. The molecule has 0 fully saturated rings. The Morgan fingerprint density at radius 3 is 0.640 bits per heavy atom. The second-order valence-electron chi connectivity index (χ2n) is 7.14. The van der Waals surface area contributed by atoms with Gasteiger partial charge in [0, 0.05) is 16.2 Å². The molecule has 156 valence electrons. The van der Waals surface area contributed by atoms with Crippen LogP contribution < -0.4 is 0 Å². The van der Waals surface area contributed by atoms with Gasteiger partial charge in [-0.25, -0.2) is 0 Å². The summed E-state index contributed by atoms with van der Waals surface area (Å²) >= 11 is 0. The van der Waals surface area contributed by atoms with Crippen molar-refractivity contribution in [1.82, 2.24) is 0 Å². The van der Waals surface area contributed by atoms with E-state index in [9.17, 15) is 0 Å². The third-order valence-corrected chi connectivity index (χ3v) is 4.37. The van der Waals surface area contributed by atoms with Crippen molar-refractivity contribution in [3.63, 3.8) is 0 Å². The molecule has 0 aromatic carbocycles. The van der Waals surface area contributed by atoms with E-state index in [4.69, 9.17) is 40.9 Å². The lowest BCUT2D eigenvalue weighted by molar-refractivity contribution is 0.00275. The van der Waals surface area contributed by atoms with Crippen LogP contribution in [0.25, 0.3) is 0 Å². The highest BCUT2D eigenvalue weighted by molar-refractivity contribution is 4.74. The monoisotopic (exact) mass is 372 g/mol. The average molecular weight is 372 g/mol. The van der Waals surface area contributed by atoms with Crippen LogP contribution in [0.1, 0.15) is 40.5 Å². The quantitative estimate of drug-likeness (QED) is 0.235. The smallest absolute Gasteiger partial charge is 0.0531 e. The highest BCUT2D eigenvalue weighted by Gasteiger charge is 2.25. The molecule has 0 aliphatic heterocycles. The molecular weight excluding hydrogens is 332 g/mol. The largest absolute Gasteiger partial charge is 0.396 e. The van der Waals surface area contributed by atoms with Crippen LogP contribution in [0.4, 0.5) is 0 Å². The van der Waals surface area contributed by atoms with E-state index in [1.165, 1.54) is 0 Å². The highest BCUT2D eigenvalue weighted by Crippen LogP contribution is 2.18. The summed E-state index contributed by atoms with van der Waals surface area (Å²) in [5, 5.41) is 68.8. The number of hydrogen-bond acceptors (Lipinski definition) is 8. The van der Waals surface area contributed by atoms with Crippen molar-refractivity contribution in [2.75, 3.05) is 52.9 Å². The molecule has 8 N–H and O–H groups in total. The van der Waals surface area contributed by atoms with Gasteiger partial charge in [-0.05, 0) is 12.8 Å². The summed E-state index contributed by atoms with van der Waals surface area (Å²) < 4.78 is 0. The molecule has 0 saturated carbocycles. The normalized spacial score (nSPS) is 12.0. The maximum absolute atomic E-state index is 8.66. The fraction of sp³-hybridized carbons (Fsp3) is 1.00. The van der Waals surface area contributed by atoms with Gasteiger partial charge in [0.25, 0.3) is 0 Å². The molecule has 0 aliphatic rings. The van der Waals surface area contributed by atoms with Crippen LogP contribution >= 0.6 is 0 Å². The number of rotatable bonds is 10. The van der Waals surface area contributed by atoms with Crippen molar-refractivity contribution in [3.05, 3.63) is 0 Å². The van der Waals surface area contributed by atoms with Crippen LogP contribution in [0.5, 0.6) is 0 Å². The molecule has 0 heterocycles. The van der Waals surface area contributed by atoms with E-state index in [0.29, 0.717) is 12.8 Å². The molecule has 0 saturated heterocycles. The Labute approximate surface area is 151 Å². The Morgan fingerprint density at radius 2 is 0.640 bits per heavy atom. The minimum Gasteiger partial charge on any atom is -0.396 e. The topological polar surface area (TPSA) is 162 Å². The second kappa shape index (κ2) is 15.9. The van der Waals surface area contributed by atoms with E-state index < -0.39 is 10.8 Å². The molecule has 0 unspecified atom stereocenters. The van der Waals surface area contributed by atoms with Gasteiger partial charge in [-0.1, -0.05) is 27.7 Å². The summed E-state index contributed by atoms with van der Waals surface area (Å²) in [6.07, 6.45) is 1.19. The summed E-state index contributed by atoms with van der Waals surface area (Å²) in [4.78, 5) is 0. The number of aliphatic hydroxyl groups excluding tert-OH is 8. The number of hydrogen-bond donors (Lipinski definition) is 8. The van der Waals surface area contributed by atoms with Crippen molar-refractivity contribution in [1.29, 1.82) is 0 Å². The predicted molar refractivity (Wildman–Crippen MR) is 95.9 cm³/mol. The van der Waals surface area contributed by atoms with Gasteiger partial charge >= 0.3 is 0 Å². The van der Waals surface area contributed by atoms with E-state index in [0.717, 1.165) is 0 Å². The third-order valence-electron chi connectivity index (χ3n) is 4.37. The minimum atomic E-state index is -0.667. The fourth-order valence-electron chi connectivity index (χ4n) is 1.02. The predicted octanol–water partition coefficient (Wildman–Crippen LogP) is -1.28. The van der Waals surface area contributed by atoms with Crippen molar-refractivity contribution in [3.8, 4) is 0 Å². The summed E-state index contributed by atoms with van der Waals surface area (Å²) in [5.41, 5.74) is -1.64. The van der Waals surface area contributed by atoms with Crippen molar-refractivity contribution < 1.29 is 40.9 Å². The van der Waals surface area contributed by atoms with Gasteiger partial charge in [-0.15, -0.1) is 0 Å². The Kier molecular flexibility index (Phi) is 18.7. The lowest BCUT2D eigenvalue weighted by Gasteiger charge is -2.24. The van der Waals surface area contributed by atoms with Gasteiger partial charge in [-0.2, -0.15) is 0 Å². The molecule has 0 aromatic rings. The molecule has 8 nitrogen and oxygen atoms in total. The first-order valence-electron chi connectivity index (χ1n) is 8.48. The minimum absolute atomic E-state index is 0.0451.